The van der Waals surface area contributed by atoms with Gasteiger partial charge in [0.2, 0.25) is 0 Å². The molecule has 0 aliphatic carbocycles. The number of nitrogens with one attached hydrogen (secondary N) is 1. The van der Waals surface area contributed by atoms with Crippen LogP contribution >= 0.6 is 23.4 Å². The highest BCUT2D eigenvalue weighted by Crippen LogP contribution is 2.29. The predicted octanol–water partition coefficient (Wildman–Crippen LogP) is 2.57. The van der Waals surface area contributed by atoms with Crippen LogP contribution in [0.1, 0.15) is 5.56 Å². The number of halogens is 1. The average Bonchev–Trinajstić information content (AvgIpc) is 2.33. The number of hydrogen-bond acceptors (Lipinski definition) is 4. The lowest BCUT2D eigenvalue weighted by molar-refractivity contribution is 1.09. The van der Waals surface area contributed by atoms with E-state index in [0.29, 0.717) is 15.6 Å². The number of nitrogens with two attached hydrogens (primary N) is 1. The van der Waals surface area contributed by atoms with Gasteiger partial charge >= 0.3 is 0 Å². The molecular formula is C11H9ClN4S. The van der Waals surface area contributed by atoms with Gasteiger partial charge in [0.1, 0.15) is 15.9 Å². The first kappa shape index (κ1) is 11.9. The summed E-state index contributed by atoms with van der Waals surface area (Å²) in [5.74, 6) is 0.00455. The van der Waals surface area contributed by atoms with Crippen molar-refractivity contribution < 1.29 is 0 Å². The van der Waals surface area contributed by atoms with Crippen molar-refractivity contribution in [1.29, 1.82) is 5.41 Å². The fraction of sp³-hybridized carbons (Fsp3) is 0. The minimum atomic E-state index is 0.00455. The van der Waals surface area contributed by atoms with E-state index < -0.39 is 0 Å². The molecule has 0 aliphatic heterocycles. The molecule has 2 aromatic rings. The van der Waals surface area contributed by atoms with Crippen LogP contribution in [0.2, 0.25) is 5.02 Å². The third-order valence-electron chi connectivity index (χ3n) is 1.97. The SMILES string of the molecule is N=C(N)c1ccc(Sc2ncccc2Cl)nc1. The van der Waals surface area contributed by atoms with Crippen molar-refractivity contribution >= 4 is 29.2 Å². The Bertz CT molecular complexity index is 541. The zero-order valence-electron chi connectivity index (χ0n) is 8.72. The Morgan fingerprint density at radius 3 is 2.71 bits per heavy atom. The fourth-order valence-corrected chi connectivity index (χ4v) is 2.10. The molecule has 3 N–H and O–H groups in total. The summed E-state index contributed by atoms with van der Waals surface area (Å²) in [6.07, 6.45) is 3.24. The number of amidine groups is 1. The van der Waals surface area contributed by atoms with Crippen molar-refractivity contribution in [3.8, 4) is 0 Å². The number of nitrogen functional groups attached to an aromatic ring is 1. The van der Waals surface area contributed by atoms with Gasteiger partial charge in [0, 0.05) is 18.0 Å². The first-order valence-corrected chi connectivity index (χ1v) is 5.95. The quantitative estimate of drug-likeness (QED) is 0.660. The van der Waals surface area contributed by atoms with E-state index in [0.717, 1.165) is 5.03 Å². The summed E-state index contributed by atoms with van der Waals surface area (Å²) >= 11 is 7.36. The van der Waals surface area contributed by atoms with E-state index in [1.807, 2.05) is 0 Å². The van der Waals surface area contributed by atoms with E-state index in [1.165, 1.54) is 11.8 Å². The first-order valence-electron chi connectivity index (χ1n) is 4.75. The molecule has 0 saturated heterocycles. The Hall–Kier alpha value is -1.59. The first-order chi connectivity index (χ1) is 8.16. The molecule has 0 aromatic carbocycles. The molecule has 0 fully saturated rings. The number of aromatic nitrogens is 2. The van der Waals surface area contributed by atoms with Crippen LogP contribution in [0.3, 0.4) is 0 Å². The Morgan fingerprint density at radius 2 is 2.12 bits per heavy atom. The Morgan fingerprint density at radius 1 is 1.29 bits per heavy atom. The molecule has 0 bridgehead atoms. The van der Waals surface area contributed by atoms with Gasteiger partial charge in [-0.15, -0.1) is 0 Å². The van der Waals surface area contributed by atoms with E-state index >= 15 is 0 Å². The van der Waals surface area contributed by atoms with Gasteiger partial charge in [0.15, 0.2) is 0 Å². The van der Waals surface area contributed by atoms with Crippen molar-refractivity contribution in [2.24, 2.45) is 5.73 Å². The number of pyridine rings is 2. The maximum atomic E-state index is 7.26. The van der Waals surface area contributed by atoms with Crippen LogP contribution in [0.5, 0.6) is 0 Å². The van der Waals surface area contributed by atoms with Crippen molar-refractivity contribution in [3.05, 3.63) is 47.2 Å². The van der Waals surface area contributed by atoms with E-state index in [4.69, 9.17) is 22.7 Å². The Labute approximate surface area is 108 Å². The second-order valence-corrected chi connectivity index (χ2v) is 4.61. The second-order valence-electron chi connectivity index (χ2n) is 3.19. The zero-order valence-corrected chi connectivity index (χ0v) is 10.3. The summed E-state index contributed by atoms with van der Waals surface area (Å²) in [7, 11) is 0. The van der Waals surface area contributed by atoms with E-state index in [9.17, 15) is 0 Å². The van der Waals surface area contributed by atoms with Gasteiger partial charge < -0.3 is 5.73 Å². The summed E-state index contributed by atoms with van der Waals surface area (Å²) in [4.78, 5) is 8.33. The van der Waals surface area contributed by atoms with E-state index in [2.05, 4.69) is 9.97 Å². The molecule has 2 heterocycles. The number of hydrogen-bond donors (Lipinski definition) is 2. The smallest absolute Gasteiger partial charge is 0.124 e. The molecular weight excluding hydrogens is 256 g/mol. The molecule has 0 spiro atoms. The maximum absolute atomic E-state index is 7.26. The topological polar surface area (TPSA) is 75.7 Å². The van der Waals surface area contributed by atoms with Crippen LogP contribution in [0, 0.1) is 5.41 Å². The van der Waals surface area contributed by atoms with Crippen LogP contribution < -0.4 is 5.73 Å². The van der Waals surface area contributed by atoms with Crippen LogP contribution in [-0.4, -0.2) is 15.8 Å². The summed E-state index contributed by atoms with van der Waals surface area (Å²) in [5.41, 5.74) is 5.94. The lowest BCUT2D eigenvalue weighted by Gasteiger charge is -2.02. The molecule has 0 atom stereocenters. The zero-order chi connectivity index (χ0) is 12.3. The average molecular weight is 265 g/mol. The largest absolute Gasteiger partial charge is 0.384 e. The fourth-order valence-electron chi connectivity index (χ4n) is 1.15. The molecule has 0 amide bonds. The lowest BCUT2D eigenvalue weighted by atomic mass is 10.3. The lowest BCUT2D eigenvalue weighted by Crippen LogP contribution is -2.11. The van der Waals surface area contributed by atoms with Crippen LogP contribution in [0.4, 0.5) is 0 Å². The van der Waals surface area contributed by atoms with Gasteiger partial charge in [-0.2, -0.15) is 0 Å². The van der Waals surface area contributed by atoms with Gasteiger partial charge in [0.25, 0.3) is 0 Å². The standard InChI is InChI=1S/C11H9ClN4S/c12-8-2-1-5-15-11(8)17-9-4-3-7(6-16-9)10(13)14/h1-6H,(H3,13,14). The summed E-state index contributed by atoms with van der Waals surface area (Å²) in [6, 6.07) is 7.08. The predicted molar refractivity (Wildman–Crippen MR) is 68.6 cm³/mol. The third kappa shape index (κ3) is 2.95. The van der Waals surface area contributed by atoms with Gasteiger partial charge in [-0.3, -0.25) is 5.41 Å². The van der Waals surface area contributed by atoms with Crippen LogP contribution in [0.15, 0.2) is 46.7 Å². The minimum absolute atomic E-state index is 0.00455. The van der Waals surface area contributed by atoms with E-state index in [1.54, 1.807) is 36.7 Å². The molecule has 0 radical (unpaired) electrons. The highest BCUT2D eigenvalue weighted by Gasteiger charge is 2.05. The highest BCUT2D eigenvalue weighted by atomic mass is 35.5. The van der Waals surface area contributed by atoms with Gasteiger partial charge in [-0.1, -0.05) is 11.6 Å². The molecule has 0 saturated carbocycles. The van der Waals surface area contributed by atoms with Gasteiger partial charge in [-0.05, 0) is 36.0 Å². The monoisotopic (exact) mass is 264 g/mol. The summed E-state index contributed by atoms with van der Waals surface area (Å²) in [6.45, 7) is 0. The number of rotatable bonds is 3. The molecule has 0 unspecified atom stereocenters. The number of nitrogens with zero attached hydrogens (tertiary/aromatic N) is 2. The molecule has 86 valence electrons. The normalized spacial score (nSPS) is 10.2. The van der Waals surface area contributed by atoms with E-state index in [-0.39, 0.29) is 5.84 Å². The third-order valence-corrected chi connectivity index (χ3v) is 3.36. The molecule has 2 rings (SSSR count). The Kier molecular flexibility index (Phi) is 3.61. The molecule has 0 aliphatic rings. The Balaban J connectivity index is 2.20. The highest BCUT2D eigenvalue weighted by molar-refractivity contribution is 7.99. The second kappa shape index (κ2) is 5.16. The van der Waals surface area contributed by atoms with Gasteiger partial charge in [-0.25, -0.2) is 9.97 Å². The van der Waals surface area contributed by atoms with Crippen LogP contribution in [0.25, 0.3) is 0 Å². The van der Waals surface area contributed by atoms with Crippen molar-refractivity contribution in [1.82, 2.24) is 9.97 Å². The van der Waals surface area contributed by atoms with Crippen molar-refractivity contribution in [3.63, 3.8) is 0 Å². The molecule has 2 aromatic heterocycles. The summed E-state index contributed by atoms with van der Waals surface area (Å²) < 4.78 is 0. The van der Waals surface area contributed by atoms with Crippen LogP contribution in [-0.2, 0) is 0 Å². The van der Waals surface area contributed by atoms with Crippen molar-refractivity contribution in [2.75, 3.05) is 0 Å². The summed E-state index contributed by atoms with van der Waals surface area (Å²) in [5, 5.41) is 9.32. The van der Waals surface area contributed by atoms with Gasteiger partial charge in [0.05, 0.1) is 5.02 Å². The minimum Gasteiger partial charge on any atom is -0.384 e. The molecule has 17 heavy (non-hydrogen) atoms. The molecule has 6 heteroatoms. The molecule has 4 nitrogen and oxygen atoms in total. The maximum Gasteiger partial charge on any atom is 0.124 e. The van der Waals surface area contributed by atoms with Crippen molar-refractivity contribution in [2.45, 2.75) is 10.1 Å².